The quantitative estimate of drug-likeness (QED) is 0.443. The summed E-state index contributed by atoms with van der Waals surface area (Å²) in [5, 5.41) is 15.9. The van der Waals surface area contributed by atoms with Crippen molar-refractivity contribution in [3.8, 4) is 17.5 Å². The normalized spacial score (nSPS) is 10.7. The number of benzene rings is 1. The van der Waals surface area contributed by atoms with Crippen molar-refractivity contribution < 1.29 is 13.5 Å². The second-order valence-corrected chi connectivity index (χ2v) is 6.26. The molecule has 0 saturated heterocycles. The van der Waals surface area contributed by atoms with Gasteiger partial charge in [0.1, 0.15) is 12.7 Å². The minimum absolute atomic E-state index is 0.0803. The van der Waals surface area contributed by atoms with Crippen LogP contribution >= 0.6 is 34.8 Å². The lowest BCUT2D eigenvalue weighted by Gasteiger charge is -2.06. The van der Waals surface area contributed by atoms with Gasteiger partial charge in [-0.1, -0.05) is 34.8 Å². The van der Waals surface area contributed by atoms with Crippen LogP contribution in [0.2, 0.25) is 15.1 Å². The van der Waals surface area contributed by atoms with Crippen LogP contribution in [0, 0.1) is 11.3 Å². The minimum Gasteiger partial charge on any atom is -0.419 e. The lowest BCUT2D eigenvalue weighted by atomic mass is 10.2. The van der Waals surface area contributed by atoms with E-state index in [0.29, 0.717) is 43.4 Å². The first-order valence-corrected chi connectivity index (χ1v) is 8.84. The summed E-state index contributed by atoms with van der Waals surface area (Å²) >= 11 is 18.1. The number of anilines is 1. The van der Waals surface area contributed by atoms with Gasteiger partial charge in [0.15, 0.2) is 0 Å². The molecule has 0 spiro atoms. The third-order valence-electron chi connectivity index (χ3n) is 3.18. The topological polar surface area (TPSA) is 83.1 Å². The molecule has 0 radical (unpaired) electrons. The lowest BCUT2D eigenvalue weighted by molar-refractivity contribution is 0.145. The number of nitrogens with one attached hydrogen (secondary N) is 2. The maximum absolute atomic E-state index is 11.9. The van der Waals surface area contributed by atoms with Gasteiger partial charge in [-0.25, -0.2) is 4.39 Å². The van der Waals surface area contributed by atoms with Gasteiger partial charge in [0.2, 0.25) is 17.5 Å². The Morgan fingerprint density at radius 1 is 1.19 bits per heavy atom. The van der Waals surface area contributed by atoms with E-state index in [0.717, 1.165) is 0 Å². The van der Waals surface area contributed by atoms with Crippen molar-refractivity contribution in [3.63, 3.8) is 0 Å². The highest BCUT2D eigenvalue weighted by atomic mass is 35.5. The van der Waals surface area contributed by atoms with E-state index in [1.54, 1.807) is 6.07 Å². The Labute approximate surface area is 165 Å². The summed E-state index contributed by atoms with van der Waals surface area (Å²) in [7, 11) is 0. The van der Waals surface area contributed by atoms with Gasteiger partial charge < -0.3 is 19.8 Å². The number of halogens is 4. The van der Waals surface area contributed by atoms with Crippen molar-refractivity contribution in [1.29, 1.82) is 5.26 Å². The zero-order valence-corrected chi connectivity index (χ0v) is 15.9. The number of ether oxygens (including phenoxy) is 1. The number of hydrogen-bond acceptors (Lipinski definition) is 6. The van der Waals surface area contributed by atoms with Gasteiger partial charge in [-0.15, -0.1) is 0 Å². The molecule has 26 heavy (non-hydrogen) atoms. The van der Waals surface area contributed by atoms with Crippen LogP contribution in [-0.2, 0) is 4.74 Å². The Kier molecular flexibility index (Phi) is 8.42. The molecule has 1 heterocycles. The number of nitrogens with zero attached hydrogens (tertiary/aromatic N) is 2. The zero-order chi connectivity index (χ0) is 18.9. The monoisotopic (exact) mass is 420 g/mol. The predicted molar refractivity (Wildman–Crippen MR) is 99.8 cm³/mol. The van der Waals surface area contributed by atoms with Crippen LogP contribution < -0.4 is 10.6 Å². The van der Waals surface area contributed by atoms with E-state index in [9.17, 15) is 9.65 Å². The molecular formula is C16H16Cl3FN4O2. The number of alkyl halides is 1. The van der Waals surface area contributed by atoms with Crippen molar-refractivity contribution in [2.45, 2.75) is 0 Å². The van der Waals surface area contributed by atoms with E-state index in [1.807, 2.05) is 6.07 Å². The number of aromatic nitrogens is 1. The molecule has 0 unspecified atom stereocenters. The van der Waals surface area contributed by atoms with Crippen molar-refractivity contribution in [2.75, 3.05) is 44.8 Å². The smallest absolute Gasteiger partial charge is 0.232 e. The fourth-order valence-corrected chi connectivity index (χ4v) is 2.70. The maximum Gasteiger partial charge on any atom is 0.232 e. The van der Waals surface area contributed by atoms with Crippen LogP contribution in [0.15, 0.2) is 16.5 Å². The van der Waals surface area contributed by atoms with E-state index in [-0.39, 0.29) is 27.5 Å². The Hall–Kier alpha value is -1.56. The molecule has 2 N–H and O–H groups in total. The minimum atomic E-state index is -0.409. The molecule has 0 aliphatic heterocycles. The first-order valence-electron chi connectivity index (χ1n) is 7.71. The van der Waals surface area contributed by atoms with Crippen LogP contribution in [0.3, 0.4) is 0 Å². The third kappa shape index (κ3) is 5.73. The van der Waals surface area contributed by atoms with Gasteiger partial charge in [0.25, 0.3) is 0 Å². The third-order valence-corrected chi connectivity index (χ3v) is 4.20. The highest BCUT2D eigenvalue weighted by Crippen LogP contribution is 2.37. The molecule has 0 fully saturated rings. The highest BCUT2D eigenvalue weighted by Gasteiger charge is 2.18. The first-order chi connectivity index (χ1) is 12.6. The SMILES string of the molecule is N#Cc1nc(-c2cc(Cl)cc(Cl)c2Cl)oc1NCCOCCNCCF. The standard InChI is InChI=1S/C16H16Cl3FN4O2/c17-10-7-11(14(19)12(18)8-10)15-24-13(9-21)16(26-15)23-4-6-25-5-3-22-2-1-20/h7-8,22-23H,1-6H2. The molecule has 0 saturated carbocycles. The van der Waals surface area contributed by atoms with Crippen LogP contribution in [-0.4, -0.2) is 44.5 Å². The Bertz CT molecular complexity index is 780. The van der Waals surface area contributed by atoms with E-state index in [4.69, 9.17) is 44.0 Å². The van der Waals surface area contributed by atoms with Crippen LogP contribution in [0.1, 0.15) is 5.69 Å². The summed E-state index contributed by atoms with van der Waals surface area (Å²) in [5.41, 5.74) is 0.473. The molecule has 0 bridgehead atoms. The largest absolute Gasteiger partial charge is 0.419 e. The molecule has 1 aromatic heterocycles. The Morgan fingerprint density at radius 2 is 1.96 bits per heavy atom. The summed E-state index contributed by atoms with van der Waals surface area (Å²) < 4.78 is 22.9. The van der Waals surface area contributed by atoms with E-state index in [1.165, 1.54) is 6.07 Å². The number of oxazole rings is 1. The Balaban J connectivity index is 1.96. The van der Waals surface area contributed by atoms with Crippen molar-refractivity contribution >= 4 is 40.7 Å². The fourth-order valence-electron chi connectivity index (χ4n) is 2.02. The van der Waals surface area contributed by atoms with Gasteiger partial charge in [0.05, 0.1) is 28.8 Å². The van der Waals surface area contributed by atoms with E-state index >= 15 is 0 Å². The molecule has 2 aromatic rings. The first kappa shape index (κ1) is 20.7. The van der Waals surface area contributed by atoms with Gasteiger partial charge in [-0.2, -0.15) is 10.2 Å². The second-order valence-electron chi connectivity index (χ2n) is 5.04. The van der Waals surface area contributed by atoms with Gasteiger partial charge in [0, 0.05) is 24.7 Å². The zero-order valence-electron chi connectivity index (χ0n) is 13.6. The van der Waals surface area contributed by atoms with Gasteiger partial charge in [-0.3, -0.25) is 0 Å². The highest BCUT2D eigenvalue weighted by molar-refractivity contribution is 6.44. The van der Waals surface area contributed by atoms with E-state index < -0.39 is 6.67 Å². The molecule has 6 nitrogen and oxygen atoms in total. The van der Waals surface area contributed by atoms with Crippen molar-refractivity contribution in [1.82, 2.24) is 10.3 Å². The van der Waals surface area contributed by atoms with Gasteiger partial charge in [-0.05, 0) is 12.1 Å². The summed E-state index contributed by atoms with van der Waals surface area (Å²) in [6, 6.07) is 5.00. The molecule has 0 aliphatic rings. The molecule has 1 aromatic carbocycles. The lowest BCUT2D eigenvalue weighted by Crippen LogP contribution is -2.23. The molecule has 10 heteroatoms. The van der Waals surface area contributed by atoms with Crippen LogP contribution in [0.5, 0.6) is 0 Å². The molecule has 2 rings (SSSR count). The average molecular weight is 422 g/mol. The van der Waals surface area contributed by atoms with Crippen molar-refractivity contribution in [2.24, 2.45) is 0 Å². The molecule has 0 amide bonds. The summed E-state index contributed by atoms with van der Waals surface area (Å²) in [6.07, 6.45) is 0. The number of rotatable bonds is 10. The summed E-state index contributed by atoms with van der Waals surface area (Å²) in [5.74, 6) is 0.337. The number of nitriles is 1. The summed E-state index contributed by atoms with van der Waals surface area (Å²) in [4.78, 5) is 4.11. The molecule has 0 atom stereocenters. The second kappa shape index (κ2) is 10.6. The molecule has 140 valence electrons. The number of hydrogen-bond donors (Lipinski definition) is 2. The Morgan fingerprint density at radius 3 is 2.69 bits per heavy atom. The van der Waals surface area contributed by atoms with Crippen LogP contribution in [0.4, 0.5) is 10.3 Å². The van der Waals surface area contributed by atoms with Gasteiger partial charge >= 0.3 is 0 Å². The molecular weight excluding hydrogens is 406 g/mol. The summed E-state index contributed by atoms with van der Waals surface area (Å²) in [6.45, 7) is 1.69. The molecule has 0 aliphatic carbocycles. The predicted octanol–water partition coefficient (Wildman–Crippen LogP) is 4.16. The fraction of sp³-hybridized carbons (Fsp3) is 0.375. The maximum atomic E-state index is 11.9. The van der Waals surface area contributed by atoms with Crippen molar-refractivity contribution in [3.05, 3.63) is 32.9 Å². The van der Waals surface area contributed by atoms with Crippen LogP contribution in [0.25, 0.3) is 11.5 Å². The average Bonchev–Trinajstić information content (AvgIpc) is 3.03. The van der Waals surface area contributed by atoms with E-state index in [2.05, 4.69) is 15.6 Å².